The summed E-state index contributed by atoms with van der Waals surface area (Å²) in [5.74, 6) is 0.945. The number of thiophene rings is 1. The molecule has 0 spiro atoms. The summed E-state index contributed by atoms with van der Waals surface area (Å²) in [6, 6.07) is 16.2. The number of halogens is 1. The molecule has 3 aromatic heterocycles. The van der Waals surface area contributed by atoms with E-state index in [0.717, 1.165) is 40.3 Å². The lowest BCUT2D eigenvalue weighted by atomic mass is 10.1. The van der Waals surface area contributed by atoms with E-state index in [1.54, 1.807) is 17.6 Å². The van der Waals surface area contributed by atoms with Gasteiger partial charge in [-0.15, -0.1) is 11.3 Å². The number of aromatic nitrogens is 1. The number of fused-ring (bicyclic) bond motifs is 1. The van der Waals surface area contributed by atoms with Crippen molar-refractivity contribution in [2.75, 3.05) is 0 Å². The summed E-state index contributed by atoms with van der Waals surface area (Å²) in [6.07, 6.45) is 3.53. The third-order valence-electron chi connectivity index (χ3n) is 4.12. The Bertz CT molecular complexity index is 915. The SMILES string of the molecule is Clc1ccc2cccnc2c1CN(Cc1ccco1)Cc1cccs1. The zero-order valence-corrected chi connectivity index (χ0v) is 15.1. The first-order chi connectivity index (χ1) is 12.3. The Morgan fingerprint density at radius 3 is 2.76 bits per heavy atom. The summed E-state index contributed by atoms with van der Waals surface area (Å²) in [4.78, 5) is 8.21. The molecule has 25 heavy (non-hydrogen) atoms. The van der Waals surface area contributed by atoms with Gasteiger partial charge in [-0.1, -0.05) is 29.8 Å². The lowest BCUT2D eigenvalue weighted by Crippen LogP contribution is -2.22. The molecular formula is C20H17ClN2OS. The van der Waals surface area contributed by atoms with Gasteiger partial charge in [0.2, 0.25) is 0 Å². The summed E-state index contributed by atoms with van der Waals surface area (Å²) in [5.41, 5.74) is 2.02. The summed E-state index contributed by atoms with van der Waals surface area (Å²) in [7, 11) is 0. The number of furan rings is 1. The highest BCUT2D eigenvalue weighted by atomic mass is 35.5. The molecule has 0 atom stereocenters. The van der Waals surface area contributed by atoms with E-state index in [2.05, 4.69) is 33.5 Å². The van der Waals surface area contributed by atoms with Gasteiger partial charge in [-0.2, -0.15) is 0 Å². The molecule has 0 aliphatic heterocycles. The van der Waals surface area contributed by atoms with Crippen LogP contribution in [-0.2, 0) is 19.6 Å². The van der Waals surface area contributed by atoms with E-state index in [-0.39, 0.29) is 0 Å². The van der Waals surface area contributed by atoms with E-state index >= 15 is 0 Å². The molecule has 4 rings (SSSR count). The first-order valence-corrected chi connectivity index (χ1v) is 9.34. The van der Waals surface area contributed by atoms with Crippen LogP contribution in [0.1, 0.15) is 16.2 Å². The molecule has 126 valence electrons. The van der Waals surface area contributed by atoms with Crippen LogP contribution in [0.3, 0.4) is 0 Å². The number of rotatable bonds is 6. The van der Waals surface area contributed by atoms with Crippen molar-refractivity contribution in [2.24, 2.45) is 0 Å². The monoisotopic (exact) mass is 368 g/mol. The molecule has 0 N–H and O–H groups in total. The van der Waals surface area contributed by atoms with Gasteiger partial charge in [-0.05, 0) is 35.7 Å². The lowest BCUT2D eigenvalue weighted by Gasteiger charge is -2.22. The molecule has 0 bridgehead atoms. The van der Waals surface area contributed by atoms with Crippen molar-refractivity contribution in [1.29, 1.82) is 0 Å². The highest BCUT2D eigenvalue weighted by molar-refractivity contribution is 7.09. The fraction of sp³-hybridized carbons (Fsp3) is 0.150. The maximum Gasteiger partial charge on any atom is 0.117 e. The van der Waals surface area contributed by atoms with Crippen LogP contribution in [0.25, 0.3) is 10.9 Å². The van der Waals surface area contributed by atoms with Gasteiger partial charge >= 0.3 is 0 Å². The minimum Gasteiger partial charge on any atom is -0.468 e. The number of hydrogen-bond donors (Lipinski definition) is 0. The van der Waals surface area contributed by atoms with Crippen LogP contribution in [0, 0.1) is 0 Å². The second kappa shape index (κ2) is 7.40. The highest BCUT2D eigenvalue weighted by Gasteiger charge is 2.15. The van der Waals surface area contributed by atoms with Crippen molar-refractivity contribution in [3.05, 3.63) is 87.6 Å². The van der Waals surface area contributed by atoms with Crippen LogP contribution in [0.2, 0.25) is 5.02 Å². The molecule has 0 aliphatic carbocycles. The zero-order chi connectivity index (χ0) is 17.1. The van der Waals surface area contributed by atoms with Crippen LogP contribution < -0.4 is 0 Å². The molecule has 3 heterocycles. The Kier molecular flexibility index (Phi) is 4.83. The normalized spacial score (nSPS) is 11.4. The Morgan fingerprint density at radius 2 is 1.96 bits per heavy atom. The molecule has 0 amide bonds. The smallest absolute Gasteiger partial charge is 0.117 e. The van der Waals surface area contributed by atoms with Crippen molar-refractivity contribution in [2.45, 2.75) is 19.6 Å². The Balaban J connectivity index is 1.67. The summed E-state index contributed by atoms with van der Waals surface area (Å²) in [5, 5.41) is 3.96. The molecule has 0 fully saturated rings. The zero-order valence-electron chi connectivity index (χ0n) is 13.6. The summed E-state index contributed by atoms with van der Waals surface area (Å²) in [6.45, 7) is 2.29. The first-order valence-electron chi connectivity index (χ1n) is 8.09. The van der Waals surface area contributed by atoms with E-state index in [1.807, 2.05) is 36.5 Å². The van der Waals surface area contributed by atoms with E-state index in [4.69, 9.17) is 16.0 Å². The average molecular weight is 369 g/mol. The van der Waals surface area contributed by atoms with Gasteiger partial charge in [0.1, 0.15) is 5.76 Å². The first kappa shape index (κ1) is 16.3. The van der Waals surface area contributed by atoms with Crippen LogP contribution in [-0.4, -0.2) is 9.88 Å². The molecular weight excluding hydrogens is 352 g/mol. The van der Waals surface area contributed by atoms with Crippen LogP contribution in [0.4, 0.5) is 0 Å². The third-order valence-corrected chi connectivity index (χ3v) is 5.34. The Morgan fingerprint density at radius 1 is 1.00 bits per heavy atom. The Hall–Kier alpha value is -2.14. The van der Waals surface area contributed by atoms with Gasteiger partial charge in [-0.3, -0.25) is 9.88 Å². The summed E-state index contributed by atoms with van der Waals surface area (Å²) >= 11 is 8.28. The van der Waals surface area contributed by atoms with Gasteiger partial charge in [0, 0.05) is 40.1 Å². The minimum atomic E-state index is 0.714. The number of pyridine rings is 1. The number of benzene rings is 1. The largest absolute Gasteiger partial charge is 0.468 e. The van der Waals surface area contributed by atoms with Gasteiger partial charge in [0.15, 0.2) is 0 Å². The minimum absolute atomic E-state index is 0.714. The van der Waals surface area contributed by atoms with E-state index in [1.165, 1.54) is 4.88 Å². The fourth-order valence-corrected chi connectivity index (χ4v) is 3.93. The second-order valence-corrected chi connectivity index (χ2v) is 7.34. The maximum absolute atomic E-state index is 6.52. The van der Waals surface area contributed by atoms with Crippen molar-refractivity contribution < 1.29 is 4.42 Å². The van der Waals surface area contributed by atoms with Gasteiger partial charge in [-0.25, -0.2) is 0 Å². The molecule has 0 unspecified atom stereocenters. The molecule has 3 nitrogen and oxygen atoms in total. The van der Waals surface area contributed by atoms with E-state index < -0.39 is 0 Å². The van der Waals surface area contributed by atoms with Crippen LogP contribution in [0.5, 0.6) is 0 Å². The molecule has 0 saturated heterocycles. The average Bonchev–Trinajstić information content (AvgIpc) is 3.31. The van der Waals surface area contributed by atoms with Crippen molar-refractivity contribution in [3.63, 3.8) is 0 Å². The molecule has 5 heteroatoms. The molecule has 4 aromatic rings. The fourth-order valence-electron chi connectivity index (χ4n) is 2.97. The molecule has 0 aliphatic rings. The molecule has 0 radical (unpaired) electrons. The van der Waals surface area contributed by atoms with E-state index in [9.17, 15) is 0 Å². The second-order valence-electron chi connectivity index (χ2n) is 5.90. The molecule has 0 saturated carbocycles. The standard InChI is InChI=1S/C20H17ClN2OS/c21-19-8-7-15-4-1-9-22-20(15)18(19)14-23(12-16-5-2-10-24-16)13-17-6-3-11-25-17/h1-11H,12-14H2. The van der Waals surface area contributed by atoms with Gasteiger partial charge in [0.25, 0.3) is 0 Å². The highest BCUT2D eigenvalue weighted by Crippen LogP contribution is 2.27. The number of hydrogen-bond acceptors (Lipinski definition) is 4. The lowest BCUT2D eigenvalue weighted by molar-refractivity contribution is 0.229. The number of nitrogens with zero attached hydrogens (tertiary/aromatic N) is 2. The van der Waals surface area contributed by atoms with E-state index in [0.29, 0.717) is 6.54 Å². The van der Waals surface area contributed by atoms with Crippen LogP contribution in [0.15, 0.2) is 70.8 Å². The molecule has 1 aromatic carbocycles. The van der Waals surface area contributed by atoms with Crippen LogP contribution >= 0.6 is 22.9 Å². The predicted octanol–water partition coefficient (Wildman–Crippen LogP) is 5.75. The Labute approximate surface area is 155 Å². The van der Waals surface area contributed by atoms with Crippen molar-refractivity contribution >= 4 is 33.8 Å². The summed E-state index contributed by atoms with van der Waals surface area (Å²) < 4.78 is 5.55. The maximum atomic E-state index is 6.52. The predicted molar refractivity (Wildman–Crippen MR) is 103 cm³/mol. The van der Waals surface area contributed by atoms with Gasteiger partial charge < -0.3 is 4.42 Å². The topological polar surface area (TPSA) is 29.3 Å². The van der Waals surface area contributed by atoms with Crippen molar-refractivity contribution in [1.82, 2.24) is 9.88 Å². The van der Waals surface area contributed by atoms with Gasteiger partial charge in [0.05, 0.1) is 18.3 Å². The quantitative estimate of drug-likeness (QED) is 0.434. The third kappa shape index (κ3) is 3.76. The van der Waals surface area contributed by atoms with Crippen molar-refractivity contribution in [3.8, 4) is 0 Å².